The number of rotatable bonds is 23. The minimum atomic E-state index is -0.581. The molecule has 2 aliphatic rings. The Balaban J connectivity index is 1.03. The Bertz CT molecular complexity index is 1220. The van der Waals surface area contributed by atoms with Crippen LogP contribution in [0, 0.1) is 23.7 Å². The average molecular weight is 705 g/mol. The fourth-order valence-electron chi connectivity index (χ4n) is 8.04. The van der Waals surface area contributed by atoms with Gasteiger partial charge in [0, 0.05) is 0 Å². The smallest absolute Gasteiger partial charge is 0.338 e. The molecule has 0 radical (unpaired) electrons. The number of carbonyl (C=O) groups excluding carboxylic acids is 2. The van der Waals surface area contributed by atoms with Gasteiger partial charge in [-0.2, -0.15) is 0 Å². The van der Waals surface area contributed by atoms with E-state index in [-0.39, 0.29) is 6.61 Å². The molecule has 0 amide bonds. The third-order valence-corrected chi connectivity index (χ3v) is 11.4. The standard InChI is InChI=1S/C45H68O6/c1-4-6-8-12-36-16-20-38(21-17-36)14-10-32-48-42-28-24-40(25-29-42)44(46)50-34-35(3)51-45(47)41-26-30-43(31-27-41)49-33-11-15-39-22-18-37(19-23-39)13-9-7-5-2/h24-31,35-39H,4-23,32-34H2,1-3H3/t35-,36?,37?,38?,39?/m1/s1. The predicted molar refractivity (Wildman–Crippen MR) is 207 cm³/mol. The summed E-state index contributed by atoms with van der Waals surface area (Å²) in [7, 11) is 0. The van der Waals surface area contributed by atoms with Crippen LogP contribution in [0.1, 0.15) is 170 Å². The van der Waals surface area contributed by atoms with Crippen molar-refractivity contribution in [2.75, 3.05) is 19.8 Å². The van der Waals surface area contributed by atoms with Crippen LogP contribution in [0.4, 0.5) is 0 Å². The molecule has 4 rings (SSSR count). The lowest BCUT2D eigenvalue weighted by Gasteiger charge is -2.28. The maximum absolute atomic E-state index is 12.7. The zero-order valence-corrected chi connectivity index (χ0v) is 32.2. The highest BCUT2D eigenvalue weighted by molar-refractivity contribution is 5.90. The van der Waals surface area contributed by atoms with Crippen molar-refractivity contribution in [3.63, 3.8) is 0 Å². The van der Waals surface area contributed by atoms with E-state index in [0.29, 0.717) is 24.3 Å². The van der Waals surface area contributed by atoms with Gasteiger partial charge in [-0.3, -0.25) is 0 Å². The molecule has 0 aromatic heterocycles. The van der Waals surface area contributed by atoms with Crippen molar-refractivity contribution < 1.29 is 28.5 Å². The first-order chi connectivity index (χ1) is 24.9. The molecule has 2 saturated carbocycles. The van der Waals surface area contributed by atoms with Crippen LogP contribution < -0.4 is 9.47 Å². The van der Waals surface area contributed by atoms with E-state index in [1.807, 2.05) is 24.3 Å². The molecule has 0 saturated heterocycles. The summed E-state index contributed by atoms with van der Waals surface area (Å²) in [6.45, 7) is 7.65. The van der Waals surface area contributed by atoms with Crippen LogP contribution >= 0.6 is 0 Å². The lowest BCUT2D eigenvalue weighted by Crippen LogP contribution is -2.22. The Hall–Kier alpha value is -3.02. The van der Waals surface area contributed by atoms with Gasteiger partial charge >= 0.3 is 11.9 Å². The van der Waals surface area contributed by atoms with Crippen molar-refractivity contribution in [3.05, 3.63) is 59.7 Å². The average Bonchev–Trinajstić information content (AvgIpc) is 3.16. The number of hydrogen-bond acceptors (Lipinski definition) is 6. The van der Waals surface area contributed by atoms with Crippen LogP contribution in [0.2, 0.25) is 0 Å². The van der Waals surface area contributed by atoms with Crippen LogP contribution in [0.3, 0.4) is 0 Å². The Morgan fingerprint density at radius 1 is 0.549 bits per heavy atom. The molecule has 2 fully saturated rings. The molecular formula is C45H68O6. The lowest BCUT2D eigenvalue weighted by atomic mass is 9.78. The number of carbonyl (C=O) groups is 2. The van der Waals surface area contributed by atoms with Gasteiger partial charge in [-0.05, 0) is 105 Å². The Labute approximate surface area is 309 Å². The van der Waals surface area contributed by atoms with Gasteiger partial charge in [0.1, 0.15) is 24.2 Å². The second kappa shape index (κ2) is 23.5. The maximum atomic E-state index is 12.7. The van der Waals surface area contributed by atoms with E-state index in [2.05, 4.69) is 13.8 Å². The summed E-state index contributed by atoms with van der Waals surface area (Å²) in [5, 5.41) is 0. The molecule has 0 unspecified atom stereocenters. The summed E-state index contributed by atoms with van der Waals surface area (Å²) in [6, 6.07) is 14.1. The number of hydrogen-bond donors (Lipinski definition) is 0. The first-order valence-corrected chi connectivity index (χ1v) is 20.8. The zero-order valence-electron chi connectivity index (χ0n) is 32.2. The van der Waals surface area contributed by atoms with Gasteiger partial charge in [0.2, 0.25) is 0 Å². The normalized spacial score (nSPS) is 21.1. The molecule has 2 aromatic rings. The third-order valence-electron chi connectivity index (χ3n) is 11.4. The number of benzene rings is 2. The molecule has 0 N–H and O–H groups in total. The largest absolute Gasteiger partial charge is 0.494 e. The van der Waals surface area contributed by atoms with Crippen LogP contribution in [0.5, 0.6) is 11.5 Å². The summed E-state index contributed by atoms with van der Waals surface area (Å²) in [5.74, 6) is 4.20. The lowest BCUT2D eigenvalue weighted by molar-refractivity contribution is 0.00447. The summed E-state index contributed by atoms with van der Waals surface area (Å²) in [4.78, 5) is 25.3. The van der Waals surface area contributed by atoms with Crippen molar-refractivity contribution in [1.82, 2.24) is 0 Å². The fraction of sp³-hybridized carbons (Fsp3) is 0.689. The Morgan fingerprint density at radius 2 is 0.922 bits per heavy atom. The third kappa shape index (κ3) is 15.6. The van der Waals surface area contributed by atoms with E-state index < -0.39 is 18.0 Å². The fourth-order valence-corrected chi connectivity index (χ4v) is 8.04. The number of esters is 2. The summed E-state index contributed by atoms with van der Waals surface area (Å²) in [6.07, 6.45) is 26.1. The second-order valence-corrected chi connectivity index (χ2v) is 15.6. The summed E-state index contributed by atoms with van der Waals surface area (Å²) < 4.78 is 22.9. The van der Waals surface area contributed by atoms with Crippen molar-refractivity contribution >= 4 is 11.9 Å². The minimum Gasteiger partial charge on any atom is -0.494 e. The molecular weight excluding hydrogens is 636 g/mol. The van der Waals surface area contributed by atoms with Crippen LogP contribution in [-0.2, 0) is 9.47 Å². The van der Waals surface area contributed by atoms with Crippen molar-refractivity contribution in [2.24, 2.45) is 23.7 Å². The van der Waals surface area contributed by atoms with Crippen LogP contribution in [0.15, 0.2) is 48.5 Å². The first-order valence-electron chi connectivity index (χ1n) is 20.8. The van der Waals surface area contributed by atoms with E-state index in [1.165, 1.54) is 116 Å². The van der Waals surface area contributed by atoms with E-state index in [0.717, 1.165) is 48.0 Å². The first kappa shape index (κ1) is 40.7. The van der Waals surface area contributed by atoms with Crippen molar-refractivity contribution in [2.45, 2.75) is 155 Å². The van der Waals surface area contributed by atoms with Gasteiger partial charge in [-0.15, -0.1) is 0 Å². The Kier molecular flexibility index (Phi) is 18.8. The second-order valence-electron chi connectivity index (χ2n) is 15.6. The molecule has 0 aliphatic heterocycles. The highest BCUT2D eigenvalue weighted by atomic mass is 16.6. The summed E-state index contributed by atoms with van der Waals surface area (Å²) >= 11 is 0. The highest BCUT2D eigenvalue weighted by Gasteiger charge is 2.22. The van der Waals surface area contributed by atoms with Gasteiger partial charge in [-0.25, -0.2) is 9.59 Å². The molecule has 0 heterocycles. The van der Waals surface area contributed by atoms with Gasteiger partial charge in [0.05, 0.1) is 24.3 Å². The molecule has 2 aliphatic carbocycles. The van der Waals surface area contributed by atoms with Gasteiger partial charge in [-0.1, -0.05) is 117 Å². The van der Waals surface area contributed by atoms with Crippen LogP contribution in [0.25, 0.3) is 0 Å². The molecule has 51 heavy (non-hydrogen) atoms. The SMILES string of the molecule is CCCCCC1CCC(CCCOc2ccc(C(=O)OC[C@@H](C)OC(=O)c3ccc(OCCCC4CCC(CCCCC)CC4)cc3)cc2)CC1. The van der Waals surface area contributed by atoms with E-state index >= 15 is 0 Å². The monoisotopic (exact) mass is 705 g/mol. The quantitative estimate of drug-likeness (QED) is 0.0847. The van der Waals surface area contributed by atoms with Gasteiger partial charge < -0.3 is 18.9 Å². The van der Waals surface area contributed by atoms with E-state index in [9.17, 15) is 9.59 Å². The molecule has 6 nitrogen and oxygen atoms in total. The van der Waals surface area contributed by atoms with E-state index in [4.69, 9.17) is 18.9 Å². The van der Waals surface area contributed by atoms with Crippen LogP contribution in [-0.4, -0.2) is 37.9 Å². The minimum absolute atomic E-state index is 0.0226. The Morgan fingerprint density at radius 3 is 1.31 bits per heavy atom. The maximum Gasteiger partial charge on any atom is 0.338 e. The van der Waals surface area contributed by atoms with Crippen molar-refractivity contribution in [1.29, 1.82) is 0 Å². The van der Waals surface area contributed by atoms with Crippen molar-refractivity contribution in [3.8, 4) is 11.5 Å². The summed E-state index contributed by atoms with van der Waals surface area (Å²) in [5.41, 5.74) is 0.884. The predicted octanol–water partition coefficient (Wildman–Crippen LogP) is 12.2. The molecule has 1 atom stereocenters. The number of ether oxygens (including phenoxy) is 4. The molecule has 284 valence electrons. The highest BCUT2D eigenvalue weighted by Crippen LogP contribution is 2.35. The molecule has 6 heteroatoms. The molecule has 0 spiro atoms. The van der Waals surface area contributed by atoms with E-state index in [1.54, 1.807) is 31.2 Å². The van der Waals surface area contributed by atoms with Gasteiger partial charge in [0.25, 0.3) is 0 Å². The molecule has 2 aromatic carbocycles. The molecule has 0 bridgehead atoms. The number of unbranched alkanes of at least 4 members (excludes halogenated alkanes) is 4. The van der Waals surface area contributed by atoms with Gasteiger partial charge in [0.15, 0.2) is 0 Å². The topological polar surface area (TPSA) is 71.1 Å². The zero-order chi connectivity index (χ0) is 36.1.